The van der Waals surface area contributed by atoms with Gasteiger partial charge in [0, 0.05) is 25.4 Å². The van der Waals surface area contributed by atoms with Crippen LogP contribution in [0.2, 0.25) is 0 Å². The Morgan fingerprint density at radius 3 is 2.50 bits per heavy atom. The first-order chi connectivity index (χ1) is 13.4. The van der Waals surface area contributed by atoms with Gasteiger partial charge in [0.25, 0.3) is 0 Å². The SMILES string of the molecule is CC1OCC(=O)[C@]1(C)NC(=O)[C@@H](CC(=O)N1CCOCC1)CC1CCCCC1. The third-order valence-corrected chi connectivity index (χ3v) is 6.74. The second-order valence-electron chi connectivity index (χ2n) is 8.70. The normalized spacial score (nSPS) is 30.3. The van der Waals surface area contributed by atoms with Crippen LogP contribution in [-0.4, -0.2) is 67.1 Å². The van der Waals surface area contributed by atoms with Crippen molar-refractivity contribution in [2.24, 2.45) is 11.8 Å². The maximum absolute atomic E-state index is 13.2. The number of hydrogen-bond donors (Lipinski definition) is 1. The van der Waals surface area contributed by atoms with Gasteiger partial charge in [0.05, 0.1) is 19.3 Å². The van der Waals surface area contributed by atoms with E-state index in [4.69, 9.17) is 9.47 Å². The number of hydrogen-bond acceptors (Lipinski definition) is 5. The molecule has 3 fully saturated rings. The van der Waals surface area contributed by atoms with E-state index < -0.39 is 11.5 Å². The van der Waals surface area contributed by atoms with Crippen LogP contribution in [0.5, 0.6) is 0 Å². The molecular weight excluding hydrogens is 360 g/mol. The van der Waals surface area contributed by atoms with Gasteiger partial charge in [0.1, 0.15) is 12.1 Å². The molecule has 0 bridgehead atoms. The lowest BCUT2D eigenvalue weighted by atomic mass is 9.81. The van der Waals surface area contributed by atoms with Crippen LogP contribution >= 0.6 is 0 Å². The summed E-state index contributed by atoms with van der Waals surface area (Å²) < 4.78 is 10.8. The van der Waals surface area contributed by atoms with Gasteiger partial charge in [0.2, 0.25) is 11.8 Å². The molecular formula is C21H34N2O5. The molecule has 2 aliphatic heterocycles. The lowest BCUT2D eigenvalue weighted by Crippen LogP contribution is -2.57. The van der Waals surface area contributed by atoms with Crippen molar-refractivity contribution in [3.63, 3.8) is 0 Å². The lowest BCUT2D eigenvalue weighted by molar-refractivity contribution is -0.141. The molecule has 0 radical (unpaired) electrons. The van der Waals surface area contributed by atoms with Gasteiger partial charge in [-0.1, -0.05) is 32.1 Å². The first kappa shape index (κ1) is 21.2. The van der Waals surface area contributed by atoms with Gasteiger partial charge in [-0.2, -0.15) is 0 Å². The maximum Gasteiger partial charge on any atom is 0.224 e. The van der Waals surface area contributed by atoms with Crippen molar-refractivity contribution in [2.45, 2.75) is 70.4 Å². The van der Waals surface area contributed by atoms with E-state index in [1.54, 1.807) is 18.7 Å². The third kappa shape index (κ3) is 4.92. The quantitative estimate of drug-likeness (QED) is 0.741. The molecule has 0 spiro atoms. The van der Waals surface area contributed by atoms with Gasteiger partial charge in [-0.25, -0.2) is 0 Å². The Kier molecular flexibility index (Phi) is 7.10. The Balaban J connectivity index is 1.67. The van der Waals surface area contributed by atoms with E-state index in [9.17, 15) is 14.4 Å². The molecule has 7 nitrogen and oxygen atoms in total. The third-order valence-electron chi connectivity index (χ3n) is 6.74. The summed E-state index contributed by atoms with van der Waals surface area (Å²) in [6.45, 7) is 5.82. The van der Waals surface area contributed by atoms with Gasteiger partial charge in [-0.15, -0.1) is 0 Å². The highest BCUT2D eigenvalue weighted by molar-refractivity contribution is 5.96. The average molecular weight is 395 g/mol. The first-order valence-electron chi connectivity index (χ1n) is 10.7. The first-order valence-corrected chi connectivity index (χ1v) is 10.7. The van der Waals surface area contributed by atoms with Crippen molar-refractivity contribution in [3.8, 4) is 0 Å². The lowest BCUT2D eigenvalue weighted by Gasteiger charge is -2.33. The molecule has 3 aliphatic rings. The minimum absolute atomic E-state index is 0.00598. The molecule has 1 saturated carbocycles. The average Bonchev–Trinajstić information content (AvgIpc) is 2.96. The van der Waals surface area contributed by atoms with Gasteiger partial charge in [-0.3, -0.25) is 14.4 Å². The number of carbonyl (C=O) groups excluding carboxylic acids is 3. The van der Waals surface area contributed by atoms with Crippen LogP contribution in [0, 0.1) is 11.8 Å². The summed E-state index contributed by atoms with van der Waals surface area (Å²) in [6, 6.07) is 0. The van der Waals surface area contributed by atoms with E-state index in [-0.39, 0.29) is 36.7 Å². The zero-order valence-corrected chi connectivity index (χ0v) is 17.2. The molecule has 2 saturated heterocycles. The van der Waals surface area contributed by atoms with E-state index in [1.165, 1.54) is 19.3 Å². The molecule has 3 rings (SSSR count). The van der Waals surface area contributed by atoms with Crippen LogP contribution in [0.1, 0.15) is 58.8 Å². The molecule has 0 aromatic carbocycles. The number of nitrogens with zero attached hydrogens (tertiary/aromatic N) is 1. The number of amides is 2. The molecule has 158 valence electrons. The van der Waals surface area contributed by atoms with Crippen molar-refractivity contribution in [3.05, 3.63) is 0 Å². The van der Waals surface area contributed by atoms with Crippen LogP contribution in [-0.2, 0) is 23.9 Å². The van der Waals surface area contributed by atoms with E-state index in [2.05, 4.69) is 5.32 Å². The van der Waals surface area contributed by atoms with E-state index in [0.29, 0.717) is 38.6 Å². The zero-order chi connectivity index (χ0) is 20.1. The molecule has 2 amide bonds. The fourth-order valence-electron chi connectivity index (χ4n) is 4.53. The second-order valence-corrected chi connectivity index (χ2v) is 8.70. The van der Waals surface area contributed by atoms with Crippen molar-refractivity contribution < 1.29 is 23.9 Å². The minimum atomic E-state index is -1.01. The highest BCUT2D eigenvalue weighted by Crippen LogP contribution is 2.31. The van der Waals surface area contributed by atoms with Crippen LogP contribution in [0.25, 0.3) is 0 Å². The van der Waals surface area contributed by atoms with E-state index in [1.807, 2.05) is 0 Å². The molecule has 1 N–H and O–H groups in total. The number of rotatable bonds is 6. The zero-order valence-electron chi connectivity index (χ0n) is 17.2. The molecule has 0 aromatic heterocycles. The Hall–Kier alpha value is -1.47. The van der Waals surface area contributed by atoms with Crippen molar-refractivity contribution in [1.29, 1.82) is 0 Å². The summed E-state index contributed by atoms with van der Waals surface area (Å²) in [5.41, 5.74) is -1.01. The standard InChI is InChI=1S/C21H34N2O5/c1-15-21(2,18(24)14-28-15)22-20(26)17(12-16-6-4-3-5-7-16)13-19(25)23-8-10-27-11-9-23/h15-17H,3-14H2,1-2H3,(H,22,26)/t15?,17-,21-/m1/s1. The molecule has 7 heteroatoms. The molecule has 0 aromatic rings. The number of nitrogens with one attached hydrogen (secondary N) is 1. The number of ketones is 1. The summed E-state index contributed by atoms with van der Waals surface area (Å²) in [5, 5.41) is 2.94. The Bertz CT molecular complexity index is 583. The highest BCUT2D eigenvalue weighted by Gasteiger charge is 2.47. The summed E-state index contributed by atoms with van der Waals surface area (Å²) in [7, 11) is 0. The summed E-state index contributed by atoms with van der Waals surface area (Å²) in [5.74, 6) is -0.227. The number of carbonyl (C=O) groups is 3. The largest absolute Gasteiger partial charge is 0.378 e. The highest BCUT2D eigenvalue weighted by atomic mass is 16.5. The minimum Gasteiger partial charge on any atom is -0.378 e. The number of ether oxygens (including phenoxy) is 2. The molecule has 2 heterocycles. The summed E-state index contributed by atoms with van der Waals surface area (Å²) >= 11 is 0. The summed E-state index contributed by atoms with van der Waals surface area (Å²) in [6.07, 6.45) is 6.41. The van der Waals surface area contributed by atoms with Gasteiger partial charge < -0.3 is 19.7 Å². The smallest absolute Gasteiger partial charge is 0.224 e. The summed E-state index contributed by atoms with van der Waals surface area (Å²) in [4.78, 5) is 40.1. The van der Waals surface area contributed by atoms with E-state index in [0.717, 1.165) is 12.8 Å². The van der Waals surface area contributed by atoms with Crippen molar-refractivity contribution in [2.75, 3.05) is 32.9 Å². The van der Waals surface area contributed by atoms with Crippen molar-refractivity contribution in [1.82, 2.24) is 10.2 Å². The number of morpholine rings is 1. The maximum atomic E-state index is 13.2. The van der Waals surface area contributed by atoms with E-state index >= 15 is 0 Å². The predicted molar refractivity (Wildman–Crippen MR) is 104 cm³/mol. The van der Waals surface area contributed by atoms with Crippen LogP contribution in [0.3, 0.4) is 0 Å². The fourth-order valence-corrected chi connectivity index (χ4v) is 4.53. The van der Waals surface area contributed by atoms with Gasteiger partial charge in [0.15, 0.2) is 5.78 Å². The van der Waals surface area contributed by atoms with Gasteiger partial charge in [-0.05, 0) is 26.2 Å². The van der Waals surface area contributed by atoms with Gasteiger partial charge >= 0.3 is 0 Å². The Morgan fingerprint density at radius 1 is 1.21 bits per heavy atom. The monoisotopic (exact) mass is 394 g/mol. The number of Topliss-reactive ketones (excluding diaryl/α,β-unsaturated/α-hetero) is 1. The Labute approximate surface area is 167 Å². The van der Waals surface area contributed by atoms with Crippen molar-refractivity contribution >= 4 is 17.6 Å². The predicted octanol–water partition coefficient (Wildman–Crippen LogP) is 1.68. The van der Waals surface area contributed by atoms with Crippen LogP contribution < -0.4 is 5.32 Å². The Morgan fingerprint density at radius 2 is 1.89 bits per heavy atom. The topological polar surface area (TPSA) is 84.9 Å². The fraction of sp³-hybridized carbons (Fsp3) is 0.857. The second kappa shape index (κ2) is 9.35. The molecule has 1 aliphatic carbocycles. The molecule has 28 heavy (non-hydrogen) atoms. The van der Waals surface area contributed by atoms with Crippen LogP contribution in [0.4, 0.5) is 0 Å². The molecule has 1 unspecified atom stereocenters. The molecule has 3 atom stereocenters. The van der Waals surface area contributed by atoms with Crippen LogP contribution in [0.15, 0.2) is 0 Å².